The van der Waals surface area contributed by atoms with Crippen LogP contribution in [-0.4, -0.2) is 44.5 Å². The lowest BCUT2D eigenvalue weighted by molar-refractivity contribution is -0.131. The number of rotatable bonds is 5. The van der Waals surface area contributed by atoms with Crippen molar-refractivity contribution in [1.29, 1.82) is 0 Å². The molecule has 0 unspecified atom stereocenters. The Balaban J connectivity index is 1.42. The minimum absolute atomic E-state index is 0.0928. The lowest BCUT2D eigenvalue weighted by Gasteiger charge is -2.20. The summed E-state index contributed by atoms with van der Waals surface area (Å²) in [4.78, 5) is 42.5. The summed E-state index contributed by atoms with van der Waals surface area (Å²) in [6.45, 7) is 1.92. The monoisotopic (exact) mass is 619 g/mol. The molecule has 37 heavy (non-hydrogen) atoms. The van der Waals surface area contributed by atoms with Crippen LogP contribution in [0.2, 0.25) is 10.0 Å². The summed E-state index contributed by atoms with van der Waals surface area (Å²) in [6.07, 6.45) is 8.02. The van der Waals surface area contributed by atoms with E-state index in [1.165, 1.54) is 4.90 Å². The highest BCUT2D eigenvalue weighted by Crippen LogP contribution is 2.36. The average molecular weight is 621 g/mol. The Morgan fingerprint density at radius 1 is 1.00 bits per heavy atom. The third-order valence-corrected chi connectivity index (χ3v) is 8.76. The Bertz CT molecular complexity index is 1430. The molecule has 3 amide bonds. The molecule has 0 atom stereocenters. The second-order valence-electron chi connectivity index (χ2n) is 9.19. The normalized spacial score (nSPS) is 17.8. The van der Waals surface area contributed by atoms with Gasteiger partial charge in [0.2, 0.25) is 5.91 Å². The fraction of sp³-hybridized carbons (Fsp3) is 0.296. The summed E-state index contributed by atoms with van der Waals surface area (Å²) < 4.78 is 2.82. The highest BCUT2D eigenvalue weighted by Gasteiger charge is 2.35. The number of amides is 3. The molecule has 5 rings (SSSR count). The van der Waals surface area contributed by atoms with E-state index in [2.05, 4.69) is 15.9 Å². The molecule has 10 heteroatoms. The van der Waals surface area contributed by atoms with Gasteiger partial charge in [0.05, 0.1) is 21.5 Å². The molecular formula is C27H24BrCl2N3O3S. The summed E-state index contributed by atoms with van der Waals surface area (Å²) in [5, 5.41) is 1.34. The van der Waals surface area contributed by atoms with Crippen LogP contribution in [0.1, 0.15) is 36.8 Å². The zero-order valence-electron chi connectivity index (χ0n) is 19.9. The van der Waals surface area contributed by atoms with Gasteiger partial charge in [0, 0.05) is 40.2 Å². The topological polar surface area (TPSA) is 62.6 Å². The zero-order valence-corrected chi connectivity index (χ0v) is 23.8. The van der Waals surface area contributed by atoms with Gasteiger partial charge in [0.1, 0.15) is 6.54 Å². The van der Waals surface area contributed by atoms with Crippen LogP contribution in [-0.2, 0) is 22.7 Å². The van der Waals surface area contributed by atoms with E-state index < -0.39 is 0 Å². The van der Waals surface area contributed by atoms with Crippen LogP contribution in [0.4, 0.5) is 4.79 Å². The van der Waals surface area contributed by atoms with Gasteiger partial charge < -0.3 is 9.47 Å². The minimum Gasteiger partial charge on any atom is -0.341 e. The highest BCUT2D eigenvalue weighted by molar-refractivity contribution is 9.10. The Morgan fingerprint density at radius 3 is 2.49 bits per heavy atom. The van der Waals surface area contributed by atoms with E-state index in [4.69, 9.17) is 23.2 Å². The molecule has 0 saturated carbocycles. The van der Waals surface area contributed by atoms with Crippen molar-refractivity contribution in [3.63, 3.8) is 0 Å². The number of hydrogen-bond donors (Lipinski definition) is 0. The van der Waals surface area contributed by atoms with Gasteiger partial charge >= 0.3 is 0 Å². The first kappa shape index (κ1) is 26.4. The van der Waals surface area contributed by atoms with Crippen molar-refractivity contribution in [2.24, 2.45) is 0 Å². The molecule has 2 fully saturated rings. The van der Waals surface area contributed by atoms with Crippen molar-refractivity contribution in [3.8, 4) is 0 Å². The van der Waals surface area contributed by atoms with Gasteiger partial charge in [0.25, 0.3) is 11.1 Å². The summed E-state index contributed by atoms with van der Waals surface area (Å²) in [5.74, 6) is -0.271. The Labute approximate surface area is 237 Å². The Morgan fingerprint density at radius 2 is 1.76 bits per heavy atom. The van der Waals surface area contributed by atoms with Gasteiger partial charge in [0.15, 0.2) is 0 Å². The number of aromatic nitrogens is 1. The van der Waals surface area contributed by atoms with Crippen LogP contribution in [0.15, 0.2) is 52.0 Å². The zero-order chi connectivity index (χ0) is 26.1. The first-order valence-corrected chi connectivity index (χ1v) is 14.4. The molecule has 192 valence electrons. The number of nitrogens with zero attached hydrogens (tertiary/aromatic N) is 3. The number of likely N-dealkylation sites (tertiary alicyclic amines) is 1. The number of imide groups is 1. The van der Waals surface area contributed by atoms with Crippen LogP contribution in [0.25, 0.3) is 17.0 Å². The molecule has 2 aliphatic heterocycles. The standard InChI is InChI=1S/C27H24BrCl2N3O3S/c28-19-6-8-23-20(13-19)18(15-32(23)16-25(34)31-9-3-1-2-4-10-31)12-24-26(35)33(27(36)37-24)14-17-5-7-21(29)22(30)11-17/h5-8,11-13,15H,1-4,9-10,14,16H2/b24-12-. The van der Waals surface area contributed by atoms with E-state index in [9.17, 15) is 14.4 Å². The van der Waals surface area contributed by atoms with Gasteiger partial charge in [-0.2, -0.15) is 0 Å². The molecule has 1 aromatic heterocycles. The van der Waals surface area contributed by atoms with Crippen LogP contribution >= 0.6 is 50.9 Å². The van der Waals surface area contributed by atoms with Crippen molar-refractivity contribution in [2.75, 3.05) is 13.1 Å². The van der Waals surface area contributed by atoms with E-state index >= 15 is 0 Å². The van der Waals surface area contributed by atoms with E-state index in [-0.39, 0.29) is 30.1 Å². The molecule has 2 aromatic carbocycles. The fourth-order valence-corrected chi connectivity index (χ4v) is 6.22. The molecule has 0 radical (unpaired) electrons. The number of carbonyl (C=O) groups excluding carboxylic acids is 3. The van der Waals surface area contributed by atoms with Crippen LogP contribution in [0.3, 0.4) is 0 Å². The van der Waals surface area contributed by atoms with Crippen molar-refractivity contribution in [1.82, 2.24) is 14.4 Å². The third-order valence-electron chi connectivity index (χ3n) is 6.62. The van der Waals surface area contributed by atoms with E-state index in [1.807, 2.05) is 33.9 Å². The summed E-state index contributed by atoms with van der Waals surface area (Å²) >= 11 is 16.5. The molecule has 0 spiro atoms. The fourth-order valence-electron chi connectivity index (χ4n) is 4.71. The lowest BCUT2D eigenvalue weighted by atomic mass is 10.1. The first-order valence-electron chi connectivity index (χ1n) is 12.1. The highest BCUT2D eigenvalue weighted by atomic mass is 79.9. The molecule has 0 N–H and O–H groups in total. The summed E-state index contributed by atoms with van der Waals surface area (Å²) in [5.41, 5.74) is 2.39. The Hall–Kier alpha value is -2.26. The molecule has 6 nitrogen and oxygen atoms in total. The first-order chi connectivity index (χ1) is 17.8. The van der Waals surface area contributed by atoms with Gasteiger partial charge in [-0.1, -0.05) is 58.0 Å². The lowest BCUT2D eigenvalue weighted by Crippen LogP contribution is -2.34. The number of fused-ring (bicyclic) bond motifs is 1. The SMILES string of the molecule is O=C(Cn1cc(/C=C2\SC(=O)N(Cc3ccc(Cl)c(Cl)c3)C2=O)c2cc(Br)ccc21)N1CCCCCC1. The van der Waals surface area contributed by atoms with Gasteiger partial charge in [-0.3, -0.25) is 19.3 Å². The maximum Gasteiger partial charge on any atom is 0.293 e. The van der Waals surface area contributed by atoms with Gasteiger partial charge in [-0.15, -0.1) is 0 Å². The molecular weight excluding hydrogens is 597 g/mol. The molecule has 0 aliphatic carbocycles. The predicted octanol–water partition coefficient (Wildman–Crippen LogP) is 7.35. The molecule has 2 saturated heterocycles. The maximum absolute atomic E-state index is 13.2. The maximum atomic E-state index is 13.2. The van der Waals surface area contributed by atoms with Crippen molar-refractivity contribution in [3.05, 3.63) is 73.1 Å². The number of carbonyl (C=O) groups is 3. The van der Waals surface area contributed by atoms with Gasteiger partial charge in [-0.25, -0.2) is 0 Å². The van der Waals surface area contributed by atoms with Gasteiger partial charge in [-0.05, 0) is 66.6 Å². The number of thioether (sulfide) groups is 1. The molecule has 3 aromatic rings. The van der Waals surface area contributed by atoms with E-state index in [0.717, 1.165) is 71.5 Å². The number of hydrogen-bond acceptors (Lipinski definition) is 4. The van der Waals surface area contributed by atoms with Crippen molar-refractivity contribution in [2.45, 2.75) is 38.8 Å². The molecule has 3 heterocycles. The number of benzene rings is 2. The van der Waals surface area contributed by atoms with E-state index in [0.29, 0.717) is 20.5 Å². The minimum atomic E-state index is -0.363. The Kier molecular flexibility index (Phi) is 8.00. The predicted molar refractivity (Wildman–Crippen MR) is 153 cm³/mol. The average Bonchev–Trinajstić information content (AvgIpc) is 3.17. The van der Waals surface area contributed by atoms with Crippen LogP contribution in [0, 0.1) is 0 Å². The molecule has 2 aliphatic rings. The van der Waals surface area contributed by atoms with Crippen LogP contribution in [0.5, 0.6) is 0 Å². The third kappa shape index (κ3) is 5.77. The van der Waals surface area contributed by atoms with Crippen molar-refractivity contribution < 1.29 is 14.4 Å². The van der Waals surface area contributed by atoms with E-state index in [1.54, 1.807) is 24.3 Å². The quantitative estimate of drug-likeness (QED) is 0.280. The second-order valence-corrected chi connectivity index (χ2v) is 11.9. The second kappa shape index (κ2) is 11.2. The molecule has 0 bridgehead atoms. The summed E-state index contributed by atoms with van der Waals surface area (Å²) in [7, 11) is 0. The number of halogens is 3. The van der Waals surface area contributed by atoms with Crippen LogP contribution < -0.4 is 0 Å². The smallest absolute Gasteiger partial charge is 0.293 e. The van der Waals surface area contributed by atoms with Crippen molar-refractivity contribution >= 4 is 84.9 Å². The summed E-state index contributed by atoms with van der Waals surface area (Å²) in [6, 6.07) is 10.9. The largest absolute Gasteiger partial charge is 0.341 e.